The number of hydrogen-bond donors (Lipinski definition) is 0. The van der Waals surface area contributed by atoms with Gasteiger partial charge < -0.3 is 19.1 Å². The summed E-state index contributed by atoms with van der Waals surface area (Å²) in [6.07, 6.45) is 3.83. The minimum absolute atomic E-state index is 0.00199. The molecule has 0 bridgehead atoms. The first kappa shape index (κ1) is 13.7. The maximum Gasteiger partial charge on any atom is 0.320 e. The molecule has 8 heteroatoms. The zero-order valence-electron chi connectivity index (χ0n) is 12.6. The fourth-order valence-corrected chi connectivity index (χ4v) is 2.96. The molecule has 118 valence electrons. The lowest BCUT2D eigenvalue weighted by Gasteiger charge is -2.27. The average Bonchev–Trinajstić information content (AvgIpc) is 3.23. The molecule has 0 saturated carbocycles. The third-order valence-electron chi connectivity index (χ3n) is 4.09. The van der Waals surface area contributed by atoms with Gasteiger partial charge in [0.25, 0.3) is 0 Å². The lowest BCUT2D eigenvalue weighted by molar-refractivity contribution is 0.0592. The smallest absolute Gasteiger partial charge is 0.320 e. The van der Waals surface area contributed by atoms with Crippen LogP contribution in [0.15, 0.2) is 6.33 Å². The number of nitrogens with zero attached hydrogens (tertiary/aromatic N) is 5. The van der Waals surface area contributed by atoms with Crippen LogP contribution >= 0.6 is 0 Å². The molecule has 0 radical (unpaired) electrons. The van der Waals surface area contributed by atoms with Gasteiger partial charge >= 0.3 is 6.01 Å². The summed E-state index contributed by atoms with van der Waals surface area (Å²) >= 11 is 0. The number of aromatic nitrogens is 4. The molecule has 0 aliphatic carbocycles. The molecule has 2 aromatic heterocycles. The fourth-order valence-electron chi connectivity index (χ4n) is 2.96. The zero-order valence-corrected chi connectivity index (χ0v) is 12.6. The van der Waals surface area contributed by atoms with Crippen LogP contribution in [0.5, 0.6) is 6.01 Å². The molecule has 2 aliphatic heterocycles. The van der Waals surface area contributed by atoms with Crippen LogP contribution in [-0.2, 0) is 9.47 Å². The summed E-state index contributed by atoms with van der Waals surface area (Å²) < 4.78 is 18.4. The van der Waals surface area contributed by atoms with Gasteiger partial charge in [-0.2, -0.15) is 9.97 Å². The Labute approximate surface area is 128 Å². The van der Waals surface area contributed by atoms with Crippen molar-refractivity contribution in [3.8, 4) is 6.01 Å². The van der Waals surface area contributed by atoms with Crippen LogP contribution in [0.1, 0.15) is 19.1 Å². The molecule has 2 aromatic rings. The van der Waals surface area contributed by atoms with Crippen molar-refractivity contribution in [3.05, 3.63) is 6.33 Å². The van der Waals surface area contributed by atoms with E-state index in [-0.39, 0.29) is 6.23 Å². The lowest BCUT2D eigenvalue weighted by atomic mass is 10.3. The second-order valence-corrected chi connectivity index (χ2v) is 5.43. The van der Waals surface area contributed by atoms with Gasteiger partial charge in [0.05, 0.1) is 26.7 Å². The standard InChI is InChI=1S/C14H19N5O3/c1-20-14-16-12(18-4-7-21-8-5-18)11-13(17-14)19(9-15-11)10-3-2-6-22-10/h9-10H,2-8H2,1H3. The van der Waals surface area contributed by atoms with Gasteiger partial charge in [0, 0.05) is 19.7 Å². The first-order valence-corrected chi connectivity index (χ1v) is 7.59. The number of morpholine rings is 1. The van der Waals surface area contributed by atoms with Crippen molar-refractivity contribution >= 4 is 17.0 Å². The third-order valence-corrected chi connectivity index (χ3v) is 4.09. The van der Waals surface area contributed by atoms with Gasteiger partial charge in [0.2, 0.25) is 0 Å². The number of ether oxygens (including phenoxy) is 3. The van der Waals surface area contributed by atoms with Crippen LogP contribution < -0.4 is 9.64 Å². The van der Waals surface area contributed by atoms with E-state index in [1.54, 1.807) is 13.4 Å². The maximum atomic E-state index is 5.75. The fraction of sp³-hybridized carbons (Fsp3) is 0.643. The molecule has 4 rings (SSSR count). The van der Waals surface area contributed by atoms with E-state index in [9.17, 15) is 0 Å². The van der Waals surface area contributed by atoms with E-state index in [2.05, 4.69) is 19.9 Å². The van der Waals surface area contributed by atoms with Crippen LogP contribution in [0.2, 0.25) is 0 Å². The number of rotatable bonds is 3. The molecule has 8 nitrogen and oxygen atoms in total. The second kappa shape index (κ2) is 5.69. The average molecular weight is 305 g/mol. The highest BCUT2D eigenvalue weighted by Crippen LogP contribution is 2.30. The van der Waals surface area contributed by atoms with E-state index in [1.807, 2.05) is 4.57 Å². The largest absolute Gasteiger partial charge is 0.467 e. The normalized spacial score (nSPS) is 22.4. The number of anilines is 1. The Hall–Kier alpha value is -1.93. The van der Waals surface area contributed by atoms with E-state index >= 15 is 0 Å². The number of methoxy groups -OCH3 is 1. The maximum absolute atomic E-state index is 5.75. The van der Waals surface area contributed by atoms with Crippen molar-refractivity contribution in [2.75, 3.05) is 44.9 Å². The van der Waals surface area contributed by atoms with Crippen LogP contribution in [0, 0.1) is 0 Å². The summed E-state index contributed by atoms with van der Waals surface area (Å²) in [6.45, 7) is 3.76. The van der Waals surface area contributed by atoms with Gasteiger partial charge in [0.1, 0.15) is 6.23 Å². The van der Waals surface area contributed by atoms with E-state index < -0.39 is 0 Å². The summed E-state index contributed by atoms with van der Waals surface area (Å²) in [5, 5.41) is 0. The predicted octanol–water partition coefficient (Wildman–Crippen LogP) is 0.980. The zero-order chi connectivity index (χ0) is 14.9. The molecule has 22 heavy (non-hydrogen) atoms. The van der Waals surface area contributed by atoms with Crippen LogP contribution in [-0.4, -0.2) is 59.5 Å². The van der Waals surface area contributed by atoms with Crippen LogP contribution in [0.25, 0.3) is 11.2 Å². The van der Waals surface area contributed by atoms with Gasteiger partial charge in [-0.15, -0.1) is 0 Å². The number of imidazole rings is 1. The summed E-state index contributed by atoms with van der Waals surface area (Å²) in [6, 6.07) is 0.355. The van der Waals surface area contributed by atoms with Crippen molar-refractivity contribution in [2.24, 2.45) is 0 Å². The minimum Gasteiger partial charge on any atom is -0.467 e. The van der Waals surface area contributed by atoms with E-state index in [0.717, 1.165) is 49.5 Å². The van der Waals surface area contributed by atoms with E-state index in [0.29, 0.717) is 19.2 Å². The van der Waals surface area contributed by atoms with E-state index in [4.69, 9.17) is 14.2 Å². The Morgan fingerprint density at radius 2 is 2.09 bits per heavy atom. The van der Waals surface area contributed by atoms with Gasteiger partial charge in [-0.3, -0.25) is 4.57 Å². The summed E-state index contributed by atoms with van der Waals surface area (Å²) in [5.74, 6) is 0.807. The monoisotopic (exact) mass is 305 g/mol. The molecule has 0 N–H and O–H groups in total. The molecule has 0 aromatic carbocycles. The topological polar surface area (TPSA) is 74.5 Å². The molecule has 2 aliphatic rings. The van der Waals surface area contributed by atoms with Crippen molar-refractivity contribution in [2.45, 2.75) is 19.1 Å². The molecular formula is C14H19N5O3. The van der Waals surface area contributed by atoms with Crippen LogP contribution in [0.3, 0.4) is 0 Å². The first-order chi connectivity index (χ1) is 10.9. The summed E-state index contributed by atoms with van der Waals surface area (Å²) in [5.41, 5.74) is 1.55. The minimum atomic E-state index is 0.00199. The molecule has 0 amide bonds. The van der Waals surface area contributed by atoms with Crippen molar-refractivity contribution in [1.82, 2.24) is 19.5 Å². The second-order valence-electron chi connectivity index (χ2n) is 5.43. The van der Waals surface area contributed by atoms with Gasteiger partial charge in [-0.25, -0.2) is 4.98 Å². The molecule has 1 atom stereocenters. The van der Waals surface area contributed by atoms with Crippen molar-refractivity contribution < 1.29 is 14.2 Å². The molecule has 4 heterocycles. The lowest BCUT2D eigenvalue weighted by Crippen LogP contribution is -2.37. The Kier molecular flexibility index (Phi) is 3.55. The highest BCUT2D eigenvalue weighted by atomic mass is 16.5. The van der Waals surface area contributed by atoms with Gasteiger partial charge in [-0.1, -0.05) is 0 Å². The first-order valence-electron chi connectivity index (χ1n) is 7.59. The summed E-state index contributed by atoms with van der Waals surface area (Å²) in [7, 11) is 1.58. The van der Waals surface area contributed by atoms with Gasteiger partial charge in [-0.05, 0) is 12.8 Å². The Balaban J connectivity index is 1.81. The van der Waals surface area contributed by atoms with Crippen LogP contribution in [0.4, 0.5) is 5.82 Å². The number of hydrogen-bond acceptors (Lipinski definition) is 7. The SMILES string of the molecule is COc1nc(N2CCOCC2)c2ncn(C3CCCO3)c2n1. The van der Waals surface area contributed by atoms with E-state index in [1.165, 1.54) is 0 Å². The van der Waals surface area contributed by atoms with Crippen molar-refractivity contribution in [3.63, 3.8) is 0 Å². The Morgan fingerprint density at radius 1 is 1.23 bits per heavy atom. The Bertz CT molecular complexity index is 662. The highest BCUT2D eigenvalue weighted by molar-refractivity contribution is 5.84. The molecule has 2 saturated heterocycles. The predicted molar refractivity (Wildman–Crippen MR) is 79.1 cm³/mol. The Morgan fingerprint density at radius 3 is 2.82 bits per heavy atom. The molecule has 0 spiro atoms. The van der Waals surface area contributed by atoms with Gasteiger partial charge in [0.15, 0.2) is 17.0 Å². The molecule has 2 fully saturated rings. The third kappa shape index (κ3) is 2.28. The molecular weight excluding hydrogens is 286 g/mol. The quantitative estimate of drug-likeness (QED) is 0.836. The highest BCUT2D eigenvalue weighted by Gasteiger charge is 2.25. The number of fused-ring (bicyclic) bond motifs is 1. The van der Waals surface area contributed by atoms with Crippen molar-refractivity contribution in [1.29, 1.82) is 0 Å². The molecule has 1 unspecified atom stereocenters. The summed E-state index contributed by atoms with van der Waals surface area (Å²) in [4.78, 5) is 15.7.